The summed E-state index contributed by atoms with van der Waals surface area (Å²) in [7, 11) is -3.63. The van der Waals surface area contributed by atoms with Crippen LogP contribution in [-0.2, 0) is 10.0 Å². The van der Waals surface area contributed by atoms with Gasteiger partial charge in [0, 0.05) is 17.9 Å². The monoisotopic (exact) mass is 295 g/mol. The highest BCUT2D eigenvalue weighted by molar-refractivity contribution is 7.89. The van der Waals surface area contributed by atoms with Crippen LogP contribution in [0.2, 0.25) is 0 Å². The molecule has 2 N–H and O–H groups in total. The molecule has 0 aliphatic carbocycles. The lowest BCUT2D eigenvalue weighted by Gasteiger charge is -2.20. The number of hydrogen-bond acceptors (Lipinski definition) is 4. The number of aromatic nitrogens is 3. The first kappa shape index (κ1) is 14.5. The van der Waals surface area contributed by atoms with Crippen molar-refractivity contribution in [3.63, 3.8) is 0 Å². The van der Waals surface area contributed by atoms with Gasteiger partial charge in [-0.25, -0.2) is 22.8 Å². The minimum Gasteiger partial charge on any atom is -0.296 e. The summed E-state index contributed by atoms with van der Waals surface area (Å²) >= 11 is 0. The van der Waals surface area contributed by atoms with Crippen molar-refractivity contribution in [3.8, 4) is 5.82 Å². The molecule has 8 heteroatoms. The van der Waals surface area contributed by atoms with Gasteiger partial charge in [-0.3, -0.25) is 9.89 Å². The van der Waals surface area contributed by atoms with Crippen LogP contribution in [0.25, 0.3) is 5.82 Å². The third-order valence-corrected chi connectivity index (χ3v) is 4.04. The fraction of sp³-hybridized carbons (Fsp3) is 0.333. The summed E-state index contributed by atoms with van der Waals surface area (Å²) in [6, 6.07) is 5.26. The average Bonchev–Trinajstić information content (AvgIpc) is 2.72. The van der Waals surface area contributed by atoms with Gasteiger partial charge in [0.25, 0.3) is 5.56 Å². The number of sulfonamides is 1. The molecular formula is C12H15N4O3S. The van der Waals surface area contributed by atoms with Crippen molar-refractivity contribution in [1.82, 2.24) is 19.5 Å². The number of hydrogen-bond donors (Lipinski definition) is 2. The molecular weight excluding hydrogens is 280 g/mol. The molecule has 107 valence electrons. The van der Waals surface area contributed by atoms with E-state index < -0.39 is 15.6 Å². The van der Waals surface area contributed by atoms with Gasteiger partial charge in [0.1, 0.15) is 4.90 Å². The van der Waals surface area contributed by atoms with Crippen LogP contribution >= 0.6 is 0 Å². The smallest absolute Gasteiger partial charge is 0.280 e. The van der Waals surface area contributed by atoms with Crippen molar-refractivity contribution < 1.29 is 8.42 Å². The standard InChI is InChI=1S/C12H15N4O3S/c1-12(2,3)15-20(18,19)9-4-5-10(13-8-9)16-11(17)6-7-14-16/h4-5,7-8,14-15H,1-3H3. The molecule has 0 aliphatic rings. The third-order valence-electron chi connectivity index (χ3n) is 2.29. The van der Waals surface area contributed by atoms with E-state index in [0.717, 1.165) is 4.68 Å². The van der Waals surface area contributed by atoms with E-state index in [-0.39, 0.29) is 10.5 Å². The average molecular weight is 295 g/mol. The highest BCUT2D eigenvalue weighted by Gasteiger charge is 2.22. The summed E-state index contributed by atoms with van der Waals surface area (Å²) in [5.41, 5.74) is -0.969. The Kier molecular flexibility index (Phi) is 3.53. The zero-order valence-corrected chi connectivity index (χ0v) is 12.2. The summed E-state index contributed by atoms with van der Waals surface area (Å²) in [6.45, 7) is 5.25. The van der Waals surface area contributed by atoms with Crippen molar-refractivity contribution >= 4 is 10.0 Å². The Morgan fingerprint density at radius 3 is 2.50 bits per heavy atom. The molecule has 2 aromatic rings. The van der Waals surface area contributed by atoms with Crippen LogP contribution in [0, 0.1) is 6.07 Å². The molecule has 0 aromatic carbocycles. The van der Waals surface area contributed by atoms with Gasteiger partial charge >= 0.3 is 0 Å². The van der Waals surface area contributed by atoms with Crippen molar-refractivity contribution in [1.29, 1.82) is 0 Å². The first-order chi connectivity index (χ1) is 9.19. The maximum atomic E-state index is 12.1. The van der Waals surface area contributed by atoms with E-state index in [2.05, 4.69) is 20.9 Å². The van der Waals surface area contributed by atoms with Gasteiger partial charge in [0.15, 0.2) is 5.82 Å². The van der Waals surface area contributed by atoms with E-state index in [1.54, 1.807) is 20.8 Å². The molecule has 0 amide bonds. The lowest BCUT2D eigenvalue weighted by molar-refractivity contribution is 0.491. The highest BCUT2D eigenvalue weighted by atomic mass is 32.2. The van der Waals surface area contributed by atoms with Crippen molar-refractivity contribution in [2.45, 2.75) is 31.2 Å². The molecule has 2 heterocycles. The van der Waals surface area contributed by atoms with Gasteiger partial charge in [-0.1, -0.05) is 0 Å². The Hall–Kier alpha value is -1.93. The summed E-state index contributed by atoms with van der Waals surface area (Å²) in [5.74, 6) is 0.297. The topological polar surface area (TPSA) is 96.9 Å². The second-order valence-electron chi connectivity index (χ2n) is 5.27. The SMILES string of the molecule is CC(C)(C)NS(=O)(=O)c1ccc(-n2[nH]c[c]c2=O)nc1. The summed E-state index contributed by atoms with van der Waals surface area (Å²) in [6.07, 6.45) is 2.56. The first-order valence-corrected chi connectivity index (χ1v) is 7.36. The molecule has 0 unspecified atom stereocenters. The summed E-state index contributed by atoms with van der Waals surface area (Å²) in [4.78, 5) is 15.4. The van der Waals surface area contributed by atoms with Crippen molar-refractivity contribution in [3.05, 3.63) is 40.9 Å². The van der Waals surface area contributed by atoms with Gasteiger partial charge in [0.2, 0.25) is 10.0 Å². The van der Waals surface area contributed by atoms with E-state index in [9.17, 15) is 13.2 Å². The molecule has 20 heavy (non-hydrogen) atoms. The fourth-order valence-corrected chi connectivity index (χ4v) is 2.94. The van der Waals surface area contributed by atoms with E-state index >= 15 is 0 Å². The zero-order valence-electron chi connectivity index (χ0n) is 11.3. The third kappa shape index (κ3) is 3.14. The quantitative estimate of drug-likeness (QED) is 0.858. The van der Waals surface area contributed by atoms with E-state index in [0.29, 0.717) is 5.82 Å². The minimum absolute atomic E-state index is 0.0414. The second kappa shape index (κ2) is 4.88. The Morgan fingerprint density at radius 1 is 1.35 bits per heavy atom. The Labute approximate surface area is 116 Å². The largest absolute Gasteiger partial charge is 0.296 e. The van der Waals surface area contributed by atoms with Crippen LogP contribution in [0.3, 0.4) is 0 Å². The molecule has 0 fully saturated rings. The number of nitrogens with zero attached hydrogens (tertiary/aromatic N) is 2. The fourth-order valence-electron chi connectivity index (χ4n) is 1.58. The van der Waals surface area contributed by atoms with Gasteiger partial charge in [0.05, 0.1) is 6.07 Å². The Balaban J connectivity index is 2.34. The molecule has 0 spiro atoms. The Morgan fingerprint density at radius 2 is 2.05 bits per heavy atom. The van der Waals surface area contributed by atoms with Gasteiger partial charge in [-0.15, -0.1) is 0 Å². The summed E-state index contributed by atoms with van der Waals surface area (Å²) in [5, 5.41) is 2.64. The molecule has 1 radical (unpaired) electrons. The van der Waals surface area contributed by atoms with Crippen molar-refractivity contribution in [2.24, 2.45) is 0 Å². The Bertz CT molecular complexity index is 751. The zero-order chi connectivity index (χ0) is 15.0. The van der Waals surface area contributed by atoms with Gasteiger partial charge in [-0.05, 0) is 32.9 Å². The second-order valence-corrected chi connectivity index (χ2v) is 6.95. The maximum Gasteiger partial charge on any atom is 0.280 e. The van der Waals surface area contributed by atoms with Gasteiger partial charge < -0.3 is 0 Å². The minimum atomic E-state index is -3.63. The van der Waals surface area contributed by atoms with Crippen LogP contribution in [0.4, 0.5) is 0 Å². The molecule has 0 saturated heterocycles. The van der Waals surface area contributed by atoms with Crippen LogP contribution in [0.1, 0.15) is 20.8 Å². The predicted molar refractivity (Wildman–Crippen MR) is 73.1 cm³/mol. The summed E-state index contributed by atoms with van der Waals surface area (Å²) < 4.78 is 27.8. The number of aromatic amines is 1. The number of H-pyrrole nitrogens is 1. The number of nitrogens with one attached hydrogen (secondary N) is 2. The van der Waals surface area contributed by atoms with Crippen LogP contribution in [0.15, 0.2) is 34.2 Å². The molecule has 7 nitrogen and oxygen atoms in total. The predicted octanol–water partition coefficient (Wildman–Crippen LogP) is 0.438. The molecule has 0 saturated carbocycles. The first-order valence-electron chi connectivity index (χ1n) is 5.88. The normalized spacial score (nSPS) is 12.6. The molecule has 0 aliphatic heterocycles. The van der Waals surface area contributed by atoms with E-state index in [1.807, 2.05) is 0 Å². The van der Waals surface area contributed by atoms with E-state index in [4.69, 9.17) is 0 Å². The van der Waals surface area contributed by atoms with Crippen LogP contribution < -0.4 is 10.3 Å². The lowest BCUT2D eigenvalue weighted by Crippen LogP contribution is -2.40. The van der Waals surface area contributed by atoms with E-state index in [1.165, 1.54) is 24.5 Å². The van der Waals surface area contributed by atoms with Crippen LogP contribution in [-0.4, -0.2) is 28.7 Å². The number of pyridine rings is 1. The lowest BCUT2D eigenvalue weighted by atomic mass is 10.1. The molecule has 2 rings (SSSR count). The molecule has 0 bridgehead atoms. The van der Waals surface area contributed by atoms with Gasteiger partial charge in [-0.2, -0.15) is 0 Å². The number of rotatable bonds is 3. The molecule has 0 atom stereocenters. The van der Waals surface area contributed by atoms with Crippen LogP contribution in [0.5, 0.6) is 0 Å². The molecule has 2 aromatic heterocycles. The van der Waals surface area contributed by atoms with Crippen molar-refractivity contribution in [2.75, 3.05) is 0 Å². The maximum absolute atomic E-state index is 12.1. The highest BCUT2D eigenvalue weighted by Crippen LogP contribution is 2.12.